The van der Waals surface area contributed by atoms with E-state index < -0.39 is 24.5 Å². The lowest BCUT2D eigenvalue weighted by Crippen LogP contribution is -2.42. The maximum absolute atomic E-state index is 11.4. The Morgan fingerprint density at radius 1 is 1.37 bits per heavy atom. The van der Waals surface area contributed by atoms with Crippen LogP contribution >= 0.6 is 0 Å². The molecule has 0 saturated heterocycles. The molecule has 0 saturated carbocycles. The van der Waals surface area contributed by atoms with Gasteiger partial charge in [-0.25, -0.2) is 4.79 Å². The SMILES string of the molecule is COc1ccc(C=CC(=O)N[C@H](CO)C(=O)O)cc1. The lowest BCUT2D eigenvalue weighted by atomic mass is 10.2. The summed E-state index contributed by atoms with van der Waals surface area (Å²) in [6.45, 7) is -0.655. The number of carbonyl (C=O) groups is 2. The highest BCUT2D eigenvalue weighted by molar-refractivity contribution is 5.94. The molecular weight excluding hydrogens is 250 g/mol. The molecule has 19 heavy (non-hydrogen) atoms. The number of aliphatic carboxylic acids is 1. The first-order chi connectivity index (χ1) is 9.06. The van der Waals surface area contributed by atoms with Gasteiger partial charge in [0.25, 0.3) is 0 Å². The number of ether oxygens (including phenoxy) is 1. The molecular formula is C13H15NO5. The van der Waals surface area contributed by atoms with Crippen molar-refractivity contribution in [1.29, 1.82) is 0 Å². The molecule has 0 bridgehead atoms. The van der Waals surface area contributed by atoms with Crippen LogP contribution in [0.15, 0.2) is 30.3 Å². The Morgan fingerprint density at radius 3 is 2.47 bits per heavy atom. The lowest BCUT2D eigenvalue weighted by molar-refractivity contribution is -0.142. The van der Waals surface area contributed by atoms with Crippen LogP contribution in [0.5, 0.6) is 5.75 Å². The predicted molar refractivity (Wildman–Crippen MR) is 68.7 cm³/mol. The van der Waals surface area contributed by atoms with Crippen molar-refractivity contribution >= 4 is 18.0 Å². The molecule has 0 spiro atoms. The van der Waals surface area contributed by atoms with Gasteiger partial charge in [0.15, 0.2) is 6.04 Å². The Labute approximate surface area is 110 Å². The van der Waals surface area contributed by atoms with E-state index in [9.17, 15) is 9.59 Å². The van der Waals surface area contributed by atoms with E-state index in [2.05, 4.69) is 5.32 Å². The Hall–Kier alpha value is -2.34. The van der Waals surface area contributed by atoms with Crippen molar-refractivity contribution in [2.45, 2.75) is 6.04 Å². The van der Waals surface area contributed by atoms with Gasteiger partial charge in [0.1, 0.15) is 5.75 Å². The third kappa shape index (κ3) is 4.81. The van der Waals surface area contributed by atoms with Gasteiger partial charge in [-0.2, -0.15) is 0 Å². The largest absolute Gasteiger partial charge is 0.497 e. The molecule has 6 nitrogen and oxygen atoms in total. The summed E-state index contributed by atoms with van der Waals surface area (Å²) in [5, 5.41) is 19.6. The smallest absolute Gasteiger partial charge is 0.328 e. The second-order valence-corrected chi connectivity index (χ2v) is 3.69. The number of aliphatic hydroxyl groups excluding tert-OH is 1. The molecule has 0 aromatic heterocycles. The fourth-order valence-corrected chi connectivity index (χ4v) is 1.29. The molecule has 1 aromatic rings. The monoisotopic (exact) mass is 265 g/mol. The zero-order valence-electron chi connectivity index (χ0n) is 10.4. The molecule has 3 N–H and O–H groups in total. The highest BCUT2D eigenvalue weighted by Gasteiger charge is 2.16. The minimum absolute atomic E-state index is 0.586. The van der Waals surface area contributed by atoms with Gasteiger partial charge in [0.2, 0.25) is 5.91 Å². The molecule has 0 aliphatic heterocycles. The highest BCUT2D eigenvalue weighted by Crippen LogP contribution is 2.12. The molecule has 0 aliphatic rings. The highest BCUT2D eigenvalue weighted by atomic mass is 16.5. The van der Waals surface area contributed by atoms with Crippen molar-refractivity contribution in [2.75, 3.05) is 13.7 Å². The molecule has 0 unspecified atom stereocenters. The Balaban J connectivity index is 2.59. The van der Waals surface area contributed by atoms with E-state index in [1.54, 1.807) is 31.4 Å². The van der Waals surface area contributed by atoms with Gasteiger partial charge in [0.05, 0.1) is 13.7 Å². The van der Waals surface area contributed by atoms with Crippen LogP contribution in [0.25, 0.3) is 6.08 Å². The summed E-state index contributed by atoms with van der Waals surface area (Å²) in [6.07, 6.45) is 2.73. The van der Waals surface area contributed by atoms with Crippen LogP contribution in [0.1, 0.15) is 5.56 Å². The normalized spacial score (nSPS) is 12.1. The number of aliphatic hydroxyl groups is 1. The van der Waals surface area contributed by atoms with Crippen LogP contribution in [0.2, 0.25) is 0 Å². The van der Waals surface area contributed by atoms with Crippen LogP contribution in [0, 0.1) is 0 Å². The van der Waals surface area contributed by atoms with Crippen molar-refractivity contribution in [2.24, 2.45) is 0 Å². The third-order valence-electron chi connectivity index (χ3n) is 2.34. The van der Waals surface area contributed by atoms with Gasteiger partial charge in [-0.15, -0.1) is 0 Å². The summed E-state index contributed by atoms with van der Waals surface area (Å²) in [4.78, 5) is 22.0. The molecule has 0 fully saturated rings. The first kappa shape index (κ1) is 14.7. The second-order valence-electron chi connectivity index (χ2n) is 3.69. The maximum atomic E-state index is 11.4. The summed E-state index contributed by atoms with van der Waals surface area (Å²) >= 11 is 0. The van der Waals surface area contributed by atoms with E-state index in [1.165, 1.54) is 12.2 Å². The van der Waals surface area contributed by atoms with Crippen molar-refractivity contribution in [1.82, 2.24) is 5.32 Å². The topological polar surface area (TPSA) is 95.9 Å². The summed E-state index contributed by atoms with van der Waals surface area (Å²) in [5.74, 6) is -1.17. The number of carboxylic acids is 1. The first-order valence-corrected chi connectivity index (χ1v) is 5.53. The molecule has 0 radical (unpaired) electrons. The van der Waals surface area contributed by atoms with E-state index in [0.29, 0.717) is 5.75 Å². The van der Waals surface area contributed by atoms with E-state index in [0.717, 1.165) is 5.56 Å². The Kier molecular flexibility index (Phi) is 5.56. The number of hydrogen-bond donors (Lipinski definition) is 3. The average molecular weight is 265 g/mol. The predicted octanol–water partition coefficient (Wildman–Crippen LogP) is 0.270. The van der Waals surface area contributed by atoms with Gasteiger partial charge in [-0.05, 0) is 23.8 Å². The minimum atomic E-state index is -1.30. The van der Waals surface area contributed by atoms with Gasteiger partial charge in [-0.1, -0.05) is 12.1 Å². The molecule has 1 aromatic carbocycles. The van der Waals surface area contributed by atoms with Gasteiger partial charge < -0.3 is 20.3 Å². The Morgan fingerprint density at radius 2 is 2.00 bits per heavy atom. The zero-order valence-corrected chi connectivity index (χ0v) is 10.4. The number of rotatable bonds is 6. The van der Waals surface area contributed by atoms with Crippen molar-refractivity contribution < 1.29 is 24.5 Å². The van der Waals surface area contributed by atoms with E-state index >= 15 is 0 Å². The molecule has 1 amide bonds. The summed E-state index contributed by atoms with van der Waals surface area (Å²) in [7, 11) is 1.55. The summed E-state index contributed by atoms with van der Waals surface area (Å²) in [6, 6.07) is 5.69. The number of nitrogens with one attached hydrogen (secondary N) is 1. The van der Waals surface area contributed by atoms with Crippen molar-refractivity contribution in [3.63, 3.8) is 0 Å². The van der Waals surface area contributed by atoms with E-state index in [1.807, 2.05) is 0 Å². The van der Waals surface area contributed by atoms with Crippen molar-refractivity contribution in [3.05, 3.63) is 35.9 Å². The second kappa shape index (κ2) is 7.17. The van der Waals surface area contributed by atoms with Crippen LogP contribution in [-0.4, -0.2) is 41.8 Å². The number of methoxy groups -OCH3 is 1. The van der Waals surface area contributed by atoms with Crippen LogP contribution in [0.3, 0.4) is 0 Å². The fraction of sp³-hybridized carbons (Fsp3) is 0.231. The van der Waals surface area contributed by atoms with Gasteiger partial charge >= 0.3 is 5.97 Å². The third-order valence-corrected chi connectivity index (χ3v) is 2.34. The van der Waals surface area contributed by atoms with Crippen LogP contribution in [-0.2, 0) is 9.59 Å². The van der Waals surface area contributed by atoms with Gasteiger partial charge in [0, 0.05) is 6.08 Å². The first-order valence-electron chi connectivity index (χ1n) is 5.53. The van der Waals surface area contributed by atoms with Gasteiger partial charge in [-0.3, -0.25) is 4.79 Å². The molecule has 6 heteroatoms. The lowest BCUT2D eigenvalue weighted by Gasteiger charge is -2.09. The number of amides is 1. The number of benzene rings is 1. The molecule has 1 atom stereocenters. The standard InChI is InChI=1S/C13H15NO5/c1-19-10-5-2-9(3-6-10)4-7-12(16)14-11(8-15)13(17)18/h2-7,11,15H,8H2,1H3,(H,14,16)(H,17,18)/t11-/m1/s1. The van der Waals surface area contributed by atoms with Crippen molar-refractivity contribution in [3.8, 4) is 5.75 Å². The molecule has 0 aliphatic carbocycles. The quantitative estimate of drug-likeness (QED) is 0.642. The molecule has 102 valence electrons. The zero-order chi connectivity index (χ0) is 14.3. The number of hydrogen-bond acceptors (Lipinski definition) is 4. The molecule has 1 rings (SSSR count). The summed E-state index contributed by atoms with van der Waals surface area (Å²) < 4.78 is 4.99. The van der Waals surface area contributed by atoms with E-state index in [4.69, 9.17) is 14.9 Å². The van der Waals surface area contributed by atoms with Crippen LogP contribution in [0.4, 0.5) is 0 Å². The fourth-order valence-electron chi connectivity index (χ4n) is 1.29. The maximum Gasteiger partial charge on any atom is 0.328 e. The number of carboxylic acid groups (broad SMARTS) is 1. The Bertz CT molecular complexity index is 466. The summed E-state index contributed by atoms with van der Waals surface area (Å²) in [5.41, 5.74) is 0.770. The minimum Gasteiger partial charge on any atom is -0.497 e. The number of carbonyl (C=O) groups excluding carboxylic acids is 1. The molecule has 0 heterocycles. The van der Waals surface area contributed by atoms with Crippen LogP contribution < -0.4 is 10.1 Å². The average Bonchev–Trinajstić information content (AvgIpc) is 2.42. The van der Waals surface area contributed by atoms with E-state index in [-0.39, 0.29) is 0 Å².